The Labute approximate surface area is 164 Å². The maximum Gasteiger partial charge on any atom is 0.227 e. The molecule has 6 nitrogen and oxygen atoms in total. The second kappa shape index (κ2) is 8.32. The molecular formula is C19H17N3O3S2. The molecule has 0 atom stereocenters. The van der Waals surface area contributed by atoms with Crippen LogP contribution in [-0.2, 0) is 24.3 Å². The zero-order valence-corrected chi connectivity index (χ0v) is 16.0. The number of hydrogen-bond acceptors (Lipinski definition) is 7. The molecule has 0 fully saturated rings. The zero-order valence-electron chi connectivity index (χ0n) is 14.4. The van der Waals surface area contributed by atoms with Gasteiger partial charge in [0.2, 0.25) is 17.6 Å². The highest BCUT2D eigenvalue weighted by molar-refractivity contribution is 7.13. The number of carbonyl (C=O) groups is 1. The van der Waals surface area contributed by atoms with Gasteiger partial charge >= 0.3 is 0 Å². The Kier molecular flexibility index (Phi) is 5.45. The number of aryl methyl sites for hydroxylation is 1. The number of rotatable bonds is 8. The summed E-state index contributed by atoms with van der Waals surface area (Å²) in [6, 6.07) is 11.6. The first kappa shape index (κ1) is 17.7. The smallest absolute Gasteiger partial charge is 0.227 e. The Balaban J connectivity index is 1.40. The third-order valence-electron chi connectivity index (χ3n) is 3.97. The molecule has 0 bridgehead atoms. The van der Waals surface area contributed by atoms with E-state index in [0.29, 0.717) is 37.6 Å². The second-order valence-electron chi connectivity index (χ2n) is 5.90. The largest absolute Gasteiger partial charge is 0.467 e. The minimum absolute atomic E-state index is 0.0238. The average Bonchev–Trinajstić information content (AvgIpc) is 3.48. The first-order valence-corrected chi connectivity index (χ1v) is 10.2. The van der Waals surface area contributed by atoms with Gasteiger partial charge in [0.25, 0.3) is 0 Å². The standard InChI is InChI=1S/C19H17N3O3S2/c23-18(8-7-17-20-19(21-25-17)16-6-3-11-27-16)22(12-14-4-1-9-24-14)13-15-5-2-10-26-15/h1-6,9-11H,7-8,12-13H2. The van der Waals surface area contributed by atoms with Gasteiger partial charge in [-0.15, -0.1) is 22.7 Å². The maximum atomic E-state index is 12.8. The number of thiophene rings is 2. The molecule has 27 heavy (non-hydrogen) atoms. The van der Waals surface area contributed by atoms with Gasteiger partial charge in [-0.1, -0.05) is 17.3 Å². The molecule has 4 heterocycles. The van der Waals surface area contributed by atoms with Crippen molar-refractivity contribution in [1.82, 2.24) is 15.0 Å². The van der Waals surface area contributed by atoms with Crippen molar-refractivity contribution in [3.63, 3.8) is 0 Å². The first-order chi connectivity index (χ1) is 13.3. The monoisotopic (exact) mass is 399 g/mol. The summed E-state index contributed by atoms with van der Waals surface area (Å²) in [4.78, 5) is 21.1. The van der Waals surface area contributed by atoms with E-state index in [1.165, 1.54) is 0 Å². The lowest BCUT2D eigenvalue weighted by molar-refractivity contribution is -0.132. The van der Waals surface area contributed by atoms with E-state index in [0.717, 1.165) is 15.5 Å². The Morgan fingerprint density at radius 2 is 1.96 bits per heavy atom. The van der Waals surface area contributed by atoms with Gasteiger partial charge in [-0.2, -0.15) is 4.98 Å². The third-order valence-corrected chi connectivity index (χ3v) is 5.70. The molecule has 4 rings (SSSR count). The predicted octanol–water partition coefficient (Wildman–Crippen LogP) is 4.61. The quantitative estimate of drug-likeness (QED) is 0.432. The lowest BCUT2D eigenvalue weighted by atomic mass is 10.2. The molecular weight excluding hydrogens is 382 g/mol. The first-order valence-electron chi connectivity index (χ1n) is 8.47. The summed E-state index contributed by atoms with van der Waals surface area (Å²) in [6.45, 7) is 0.996. The fourth-order valence-corrected chi connectivity index (χ4v) is 4.02. The van der Waals surface area contributed by atoms with Crippen LogP contribution in [0.15, 0.2) is 62.4 Å². The highest BCUT2D eigenvalue weighted by atomic mass is 32.1. The van der Waals surface area contributed by atoms with Gasteiger partial charge in [-0.05, 0) is 35.0 Å². The summed E-state index contributed by atoms with van der Waals surface area (Å²) in [5, 5.41) is 7.96. The Hall–Kier alpha value is -2.71. The number of furan rings is 1. The van der Waals surface area contributed by atoms with Crippen LogP contribution in [0.1, 0.15) is 22.9 Å². The minimum atomic E-state index is 0.0238. The van der Waals surface area contributed by atoms with Crippen LogP contribution in [0.2, 0.25) is 0 Å². The highest BCUT2D eigenvalue weighted by Gasteiger charge is 2.18. The molecule has 0 aromatic carbocycles. The van der Waals surface area contributed by atoms with E-state index in [9.17, 15) is 4.79 Å². The van der Waals surface area contributed by atoms with Crippen LogP contribution in [0.3, 0.4) is 0 Å². The van der Waals surface area contributed by atoms with Crippen molar-refractivity contribution in [3.8, 4) is 10.7 Å². The predicted molar refractivity (Wildman–Crippen MR) is 103 cm³/mol. The van der Waals surface area contributed by atoms with Crippen LogP contribution in [0.5, 0.6) is 0 Å². The van der Waals surface area contributed by atoms with Gasteiger partial charge in [-0.3, -0.25) is 4.79 Å². The van der Waals surface area contributed by atoms with E-state index < -0.39 is 0 Å². The summed E-state index contributed by atoms with van der Waals surface area (Å²) < 4.78 is 10.7. The fraction of sp³-hybridized carbons (Fsp3) is 0.211. The summed E-state index contributed by atoms with van der Waals surface area (Å²) >= 11 is 3.19. The minimum Gasteiger partial charge on any atom is -0.467 e. The van der Waals surface area contributed by atoms with Crippen molar-refractivity contribution in [2.45, 2.75) is 25.9 Å². The fourth-order valence-electron chi connectivity index (χ4n) is 2.65. The van der Waals surface area contributed by atoms with Crippen LogP contribution < -0.4 is 0 Å². The average molecular weight is 399 g/mol. The topological polar surface area (TPSA) is 72.4 Å². The van der Waals surface area contributed by atoms with Crippen LogP contribution in [0, 0.1) is 0 Å². The summed E-state index contributed by atoms with van der Waals surface area (Å²) in [7, 11) is 0. The van der Waals surface area contributed by atoms with Gasteiger partial charge in [-0.25, -0.2) is 0 Å². The Morgan fingerprint density at radius 3 is 2.70 bits per heavy atom. The van der Waals surface area contributed by atoms with E-state index in [-0.39, 0.29) is 5.91 Å². The van der Waals surface area contributed by atoms with Crippen LogP contribution >= 0.6 is 22.7 Å². The van der Waals surface area contributed by atoms with E-state index in [1.54, 1.807) is 33.8 Å². The molecule has 0 aliphatic carbocycles. The van der Waals surface area contributed by atoms with Crippen molar-refractivity contribution in [2.75, 3.05) is 0 Å². The molecule has 0 aliphatic rings. The van der Waals surface area contributed by atoms with Crippen molar-refractivity contribution in [2.24, 2.45) is 0 Å². The number of nitrogens with zero attached hydrogens (tertiary/aromatic N) is 3. The molecule has 0 saturated carbocycles. The van der Waals surface area contributed by atoms with Gasteiger partial charge < -0.3 is 13.8 Å². The van der Waals surface area contributed by atoms with E-state index in [2.05, 4.69) is 10.1 Å². The van der Waals surface area contributed by atoms with Crippen molar-refractivity contribution in [1.29, 1.82) is 0 Å². The molecule has 1 amide bonds. The summed E-state index contributed by atoms with van der Waals surface area (Å²) in [5.41, 5.74) is 0. The van der Waals surface area contributed by atoms with Crippen molar-refractivity contribution < 1.29 is 13.7 Å². The van der Waals surface area contributed by atoms with Crippen LogP contribution in [0.4, 0.5) is 0 Å². The van der Waals surface area contributed by atoms with E-state index in [4.69, 9.17) is 8.94 Å². The van der Waals surface area contributed by atoms with Crippen LogP contribution in [-0.4, -0.2) is 20.9 Å². The van der Waals surface area contributed by atoms with Crippen LogP contribution in [0.25, 0.3) is 10.7 Å². The third kappa shape index (κ3) is 4.53. The molecule has 0 saturated heterocycles. The van der Waals surface area contributed by atoms with Gasteiger partial charge in [0, 0.05) is 17.7 Å². The molecule has 0 N–H and O–H groups in total. The van der Waals surface area contributed by atoms with Crippen molar-refractivity contribution in [3.05, 3.63) is 69.9 Å². The molecule has 138 valence electrons. The van der Waals surface area contributed by atoms with E-state index >= 15 is 0 Å². The van der Waals surface area contributed by atoms with Gasteiger partial charge in [0.05, 0.1) is 24.2 Å². The normalized spacial score (nSPS) is 11.0. The molecule has 4 aromatic heterocycles. The number of amides is 1. The Morgan fingerprint density at radius 1 is 1.07 bits per heavy atom. The maximum absolute atomic E-state index is 12.8. The zero-order chi connectivity index (χ0) is 18.5. The van der Waals surface area contributed by atoms with E-state index in [1.807, 2.05) is 47.2 Å². The number of carbonyl (C=O) groups excluding carboxylic acids is 1. The molecule has 8 heteroatoms. The van der Waals surface area contributed by atoms with Gasteiger partial charge in [0.1, 0.15) is 5.76 Å². The van der Waals surface area contributed by atoms with Gasteiger partial charge in [0.15, 0.2) is 0 Å². The molecule has 0 radical (unpaired) electrons. The summed E-state index contributed by atoms with van der Waals surface area (Å²) in [6.07, 6.45) is 2.34. The highest BCUT2D eigenvalue weighted by Crippen LogP contribution is 2.22. The molecule has 0 unspecified atom stereocenters. The Bertz CT molecular complexity index is 924. The molecule has 0 spiro atoms. The molecule has 0 aliphatic heterocycles. The molecule has 4 aromatic rings. The second-order valence-corrected chi connectivity index (χ2v) is 7.88. The van der Waals surface area contributed by atoms with Crippen molar-refractivity contribution >= 4 is 28.6 Å². The lowest BCUT2D eigenvalue weighted by Gasteiger charge is -2.20. The summed E-state index contributed by atoms with van der Waals surface area (Å²) in [5.74, 6) is 1.83. The lowest BCUT2D eigenvalue weighted by Crippen LogP contribution is -2.29. The SMILES string of the molecule is O=C(CCc1nc(-c2cccs2)no1)N(Cc1ccco1)Cc1cccs1. The number of hydrogen-bond donors (Lipinski definition) is 0. The number of aromatic nitrogens is 2.